The Hall–Kier alpha value is -3.84. The summed E-state index contributed by atoms with van der Waals surface area (Å²) < 4.78 is 34.2. The molecule has 0 bridgehead atoms. The third-order valence-electron chi connectivity index (χ3n) is 5.87. The van der Waals surface area contributed by atoms with Crippen molar-refractivity contribution in [3.8, 4) is 5.75 Å². The predicted molar refractivity (Wildman–Crippen MR) is 140 cm³/mol. The number of rotatable bonds is 8. The molecule has 35 heavy (non-hydrogen) atoms. The molecule has 1 unspecified atom stereocenters. The van der Waals surface area contributed by atoms with Gasteiger partial charge in [-0.05, 0) is 79.2 Å². The standard InChI is InChI=1S/C28H28N2O4S/c1-4-26(34-27-11-7-9-21-8-5-6-10-25(21)27)28(31)29-22-14-16-24(17-15-22)35(32,33)30-23-13-12-19(2)20(3)18-23/h5-18,26,30H,4H2,1-3H3,(H,29,31). The quantitative estimate of drug-likeness (QED) is 0.316. The third kappa shape index (κ3) is 5.63. The van der Waals surface area contributed by atoms with Gasteiger partial charge in [0.1, 0.15) is 5.75 Å². The van der Waals surface area contributed by atoms with Gasteiger partial charge in [0.25, 0.3) is 15.9 Å². The number of sulfonamides is 1. The summed E-state index contributed by atoms with van der Waals surface area (Å²) in [5.41, 5.74) is 3.07. The van der Waals surface area contributed by atoms with Crippen molar-refractivity contribution in [2.45, 2.75) is 38.2 Å². The van der Waals surface area contributed by atoms with E-state index < -0.39 is 16.1 Å². The number of benzene rings is 4. The SMILES string of the molecule is CCC(Oc1cccc2ccccc12)C(=O)Nc1ccc(S(=O)(=O)Nc2ccc(C)c(C)c2)cc1. The third-order valence-corrected chi connectivity index (χ3v) is 7.27. The van der Waals surface area contributed by atoms with Gasteiger partial charge in [0, 0.05) is 16.8 Å². The maximum Gasteiger partial charge on any atom is 0.265 e. The molecule has 0 fully saturated rings. The van der Waals surface area contributed by atoms with E-state index in [-0.39, 0.29) is 10.8 Å². The van der Waals surface area contributed by atoms with Crippen LogP contribution in [-0.2, 0) is 14.8 Å². The number of carbonyl (C=O) groups is 1. The van der Waals surface area contributed by atoms with Gasteiger partial charge in [-0.3, -0.25) is 9.52 Å². The molecule has 0 aliphatic carbocycles. The molecule has 180 valence electrons. The highest BCUT2D eigenvalue weighted by molar-refractivity contribution is 7.92. The van der Waals surface area contributed by atoms with Gasteiger partial charge in [-0.15, -0.1) is 0 Å². The molecule has 0 aliphatic heterocycles. The molecule has 0 aromatic heterocycles. The topological polar surface area (TPSA) is 84.5 Å². The number of carbonyl (C=O) groups excluding carboxylic acids is 1. The van der Waals surface area contributed by atoms with E-state index in [4.69, 9.17) is 4.74 Å². The maximum absolute atomic E-state index is 12.9. The number of aryl methyl sites for hydroxylation is 2. The average Bonchev–Trinajstić information content (AvgIpc) is 2.85. The lowest BCUT2D eigenvalue weighted by Crippen LogP contribution is -2.32. The molecule has 0 spiro atoms. The van der Waals surface area contributed by atoms with Crippen LogP contribution in [0.15, 0.2) is 89.8 Å². The number of nitrogens with one attached hydrogen (secondary N) is 2. The lowest BCUT2D eigenvalue weighted by Gasteiger charge is -2.18. The summed E-state index contributed by atoms with van der Waals surface area (Å²) in [7, 11) is -3.76. The van der Waals surface area contributed by atoms with E-state index in [0.29, 0.717) is 23.5 Å². The molecule has 4 aromatic rings. The number of hydrogen-bond donors (Lipinski definition) is 2. The van der Waals surface area contributed by atoms with Crippen molar-refractivity contribution in [1.82, 2.24) is 0 Å². The summed E-state index contributed by atoms with van der Waals surface area (Å²) in [4.78, 5) is 13.0. The first-order chi connectivity index (χ1) is 16.8. The molecular weight excluding hydrogens is 460 g/mol. The van der Waals surface area contributed by atoms with E-state index in [2.05, 4.69) is 10.0 Å². The Morgan fingerprint density at radius 3 is 2.26 bits per heavy atom. The number of ether oxygens (including phenoxy) is 1. The van der Waals surface area contributed by atoms with Crippen LogP contribution in [0.4, 0.5) is 11.4 Å². The Balaban J connectivity index is 1.45. The second kappa shape index (κ2) is 10.2. The molecule has 1 amide bonds. The summed E-state index contributed by atoms with van der Waals surface area (Å²) in [6, 6.07) is 25.0. The van der Waals surface area contributed by atoms with Gasteiger partial charge in [0.2, 0.25) is 0 Å². The van der Waals surface area contributed by atoms with Gasteiger partial charge < -0.3 is 10.1 Å². The highest BCUT2D eigenvalue weighted by atomic mass is 32.2. The van der Waals surface area contributed by atoms with Crippen molar-refractivity contribution in [2.24, 2.45) is 0 Å². The summed E-state index contributed by atoms with van der Waals surface area (Å²) in [6.45, 7) is 5.78. The first-order valence-electron chi connectivity index (χ1n) is 11.4. The van der Waals surface area contributed by atoms with Gasteiger partial charge in [0.05, 0.1) is 4.90 Å². The summed E-state index contributed by atoms with van der Waals surface area (Å²) in [6.07, 6.45) is -0.225. The van der Waals surface area contributed by atoms with E-state index in [1.54, 1.807) is 24.3 Å². The first kappa shape index (κ1) is 24.3. The van der Waals surface area contributed by atoms with Gasteiger partial charge in [-0.25, -0.2) is 8.42 Å². The maximum atomic E-state index is 12.9. The van der Waals surface area contributed by atoms with Crippen LogP contribution in [0.25, 0.3) is 10.8 Å². The van der Waals surface area contributed by atoms with Gasteiger partial charge >= 0.3 is 0 Å². The minimum absolute atomic E-state index is 0.104. The second-order valence-corrected chi connectivity index (χ2v) is 10.1. The van der Waals surface area contributed by atoms with Crippen LogP contribution in [-0.4, -0.2) is 20.4 Å². The average molecular weight is 489 g/mol. The van der Waals surface area contributed by atoms with Crippen LogP contribution < -0.4 is 14.8 Å². The molecule has 0 heterocycles. The molecule has 2 N–H and O–H groups in total. The lowest BCUT2D eigenvalue weighted by molar-refractivity contribution is -0.122. The highest BCUT2D eigenvalue weighted by Crippen LogP contribution is 2.27. The number of anilines is 2. The molecule has 4 rings (SSSR count). The van der Waals surface area contributed by atoms with Crippen molar-refractivity contribution < 1.29 is 17.9 Å². The number of hydrogen-bond acceptors (Lipinski definition) is 4. The van der Waals surface area contributed by atoms with E-state index in [9.17, 15) is 13.2 Å². The van der Waals surface area contributed by atoms with E-state index in [1.165, 1.54) is 12.1 Å². The summed E-state index contributed by atoms with van der Waals surface area (Å²) in [5.74, 6) is 0.341. The fourth-order valence-corrected chi connectivity index (χ4v) is 4.78. The zero-order valence-corrected chi connectivity index (χ0v) is 20.7. The molecular formula is C28H28N2O4S. The van der Waals surface area contributed by atoms with Crippen LogP contribution in [0.3, 0.4) is 0 Å². The molecule has 4 aromatic carbocycles. The van der Waals surface area contributed by atoms with Crippen LogP contribution in [0.2, 0.25) is 0 Å². The summed E-state index contributed by atoms with van der Waals surface area (Å²) in [5, 5.41) is 4.80. The molecule has 0 saturated carbocycles. The molecule has 0 saturated heterocycles. The number of amides is 1. The largest absolute Gasteiger partial charge is 0.480 e. The Morgan fingerprint density at radius 2 is 1.54 bits per heavy atom. The fraction of sp³-hybridized carbons (Fsp3) is 0.179. The number of fused-ring (bicyclic) bond motifs is 1. The van der Waals surface area contributed by atoms with Gasteiger partial charge in [-0.1, -0.05) is 49.4 Å². The van der Waals surface area contributed by atoms with Crippen LogP contribution >= 0.6 is 0 Å². The molecule has 6 nitrogen and oxygen atoms in total. The highest BCUT2D eigenvalue weighted by Gasteiger charge is 2.20. The zero-order chi connectivity index (χ0) is 25.0. The Labute approximate surface area is 206 Å². The Kier molecular flexibility index (Phi) is 7.07. The monoisotopic (exact) mass is 488 g/mol. The summed E-state index contributed by atoms with van der Waals surface area (Å²) >= 11 is 0. The smallest absolute Gasteiger partial charge is 0.265 e. The zero-order valence-electron chi connectivity index (χ0n) is 19.9. The van der Waals surface area contributed by atoms with Gasteiger partial charge in [0.15, 0.2) is 6.10 Å². The van der Waals surface area contributed by atoms with Crippen molar-refractivity contribution in [3.05, 3.63) is 96.1 Å². The lowest BCUT2D eigenvalue weighted by atomic mass is 10.1. The van der Waals surface area contributed by atoms with Gasteiger partial charge in [-0.2, -0.15) is 0 Å². The predicted octanol–water partition coefficient (Wildman–Crippen LogP) is 6.05. The fourth-order valence-electron chi connectivity index (χ4n) is 3.73. The van der Waals surface area contributed by atoms with E-state index in [0.717, 1.165) is 21.9 Å². The minimum Gasteiger partial charge on any atom is -0.480 e. The molecule has 0 aliphatic rings. The van der Waals surface area contributed by atoms with E-state index >= 15 is 0 Å². The van der Waals surface area contributed by atoms with Crippen LogP contribution in [0.5, 0.6) is 5.75 Å². The first-order valence-corrected chi connectivity index (χ1v) is 12.9. The Bertz CT molecular complexity index is 1460. The molecule has 1 atom stereocenters. The van der Waals surface area contributed by atoms with Crippen molar-refractivity contribution >= 4 is 38.1 Å². The van der Waals surface area contributed by atoms with Crippen molar-refractivity contribution in [2.75, 3.05) is 10.0 Å². The van der Waals surface area contributed by atoms with Crippen LogP contribution in [0.1, 0.15) is 24.5 Å². The Morgan fingerprint density at radius 1 is 0.857 bits per heavy atom. The van der Waals surface area contributed by atoms with E-state index in [1.807, 2.05) is 69.3 Å². The minimum atomic E-state index is -3.76. The normalized spacial score (nSPS) is 12.2. The van der Waals surface area contributed by atoms with Crippen LogP contribution in [0, 0.1) is 13.8 Å². The molecule has 7 heteroatoms. The van der Waals surface area contributed by atoms with Crippen molar-refractivity contribution in [3.63, 3.8) is 0 Å². The second-order valence-electron chi connectivity index (χ2n) is 8.41. The molecule has 0 radical (unpaired) electrons. The van der Waals surface area contributed by atoms with Crippen molar-refractivity contribution in [1.29, 1.82) is 0 Å².